The van der Waals surface area contributed by atoms with Gasteiger partial charge in [0.2, 0.25) is 6.10 Å². The van der Waals surface area contributed by atoms with Crippen molar-refractivity contribution in [1.82, 2.24) is 14.5 Å². The maximum absolute atomic E-state index is 13.3. The highest BCUT2D eigenvalue weighted by Gasteiger charge is 2.37. The summed E-state index contributed by atoms with van der Waals surface area (Å²) in [6.07, 6.45) is 0.493. The molecule has 5 heterocycles. The Morgan fingerprint density at radius 1 is 1.09 bits per heavy atom. The fraction of sp³-hybridized carbons (Fsp3) is 0.200. The van der Waals surface area contributed by atoms with E-state index in [-0.39, 0.29) is 36.3 Å². The number of imide groups is 1. The highest BCUT2D eigenvalue weighted by molar-refractivity contribution is 6.13. The average molecular weight is 471 g/mol. The van der Waals surface area contributed by atoms with Gasteiger partial charge in [0.25, 0.3) is 17.4 Å². The summed E-state index contributed by atoms with van der Waals surface area (Å²) in [5.74, 6) is -2.65. The number of aromatic nitrogens is 2. The van der Waals surface area contributed by atoms with Crippen LogP contribution < -0.4 is 5.56 Å². The SMILES string of the molecule is O=C(CCN1C(=O)C=CC1=O)OC1C(=O)OCc2c1cc1n(c2=O)Cc2cc3ccccc3nc2-1. The number of amides is 2. The second-order valence-corrected chi connectivity index (χ2v) is 8.43. The molecule has 0 aliphatic carbocycles. The van der Waals surface area contributed by atoms with E-state index in [1.165, 1.54) is 0 Å². The van der Waals surface area contributed by atoms with Crippen molar-refractivity contribution in [2.24, 2.45) is 0 Å². The van der Waals surface area contributed by atoms with Gasteiger partial charge in [0.05, 0.1) is 35.4 Å². The van der Waals surface area contributed by atoms with E-state index in [4.69, 9.17) is 14.5 Å². The number of ether oxygens (including phenoxy) is 2. The number of carbonyl (C=O) groups excluding carboxylic acids is 4. The number of para-hydroxylation sites is 1. The molecule has 174 valence electrons. The first-order valence-electron chi connectivity index (χ1n) is 11.0. The molecule has 6 rings (SSSR count). The molecule has 0 spiro atoms. The molecule has 2 aromatic heterocycles. The van der Waals surface area contributed by atoms with Crippen LogP contribution in [0.5, 0.6) is 0 Å². The summed E-state index contributed by atoms with van der Waals surface area (Å²) >= 11 is 0. The molecular weight excluding hydrogens is 454 g/mol. The van der Waals surface area contributed by atoms with Gasteiger partial charge in [-0.3, -0.25) is 24.1 Å². The van der Waals surface area contributed by atoms with E-state index >= 15 is 0 Å². The Kier molecular flexibility index (Phi) is 4.63. The van der Waals surface area contributed by atoms with Crippen molar-refractivity contribution >= 4 is 34.7 Å². The topological polar surface area (TPSA) is 125 Å². The summed E-state index contributed by atoms with van der Waals surface area (Å²) in [6, 6.07) is 11.2. The summed E-state index contributed by atoms with van der Waals surface area (Å²) < 4.78 is 12.1. The van der Waals surface area contributed by atoms with E-state index in [1.807, 2.05) is 30.3 Å². The number of benzene rings is 1. The zero-order valence-electron chi connectivity index (χ0n) is 18.2. The number of fused-ring (bicyclic) bond motifs is 5. The Bertz CT molecular complexity index is 1550. The van der Waals surface area contributed by atoms with E-state index in [9.17, 15) is 24.0 Å². The minimum atomic E-state index is -1.43. The largest absolute Gasteiger partial charge is 0.458 e. The fourth-order valence-electron chi connectivity index (χ4n) is 4.62. The van der Waals surface area contributed by atoms with Crippen LogP contribution in [0.3, 0.4) is 0 Å². The molecule has 0 bridgehead atoms. The van der Waals surface area contributed by atoms with E-state index in [1.54, 1.807) is 10.6 Å². The van der Waals surface area contributed by atoms with Crippen LogP contribution in [0.2, 0.25) is 0 Å². The third-order valence-electron chi connectivity index (χ3n) is 6.35. The van der Waals surface area contributed by atoms with Gasteiger partial charge in [0.15, 0.2) is 0 Å². The second-order valence-electron chi connectivity index (χ2n) is 8.43. The van der Waals surface area contributed by atoms with Crippen LogP contribution >= 0.6 is 0 Å². The zero-order valence-corrected chi connectivity index (χ0v) is 18.2. The van der Waals surface area contributed by atoms with Crippen molar-refractivity contribution in [2.45, 2.75) is 25.7 Å². The molecule has 1 unspecified atom stereocenters. The van der Waals surface area contributed by atoms with E-state index in [2.05, 4.69) is 0 Å². The van der Waals surface area contributed by atoms with E-state index in [0.717, 1.165) is 33.5 Å². The number of hydrogen-bond donors (Lipinski definition) is 0. The third kappa shape index (κ3) is 3.33. The third-order valence-corrected chi connectivity index (χ3v) is 6.35. The highest BCUT2D eigenvalue weighted by Crippen LogP contribution is 2.36. The predicted octanol–water partition coefficient (Wildman–Crippen LogP) is 1.38. The van der Waals surface area contributed by atoms with Gasteiger partial charge in [0.1, 0.15) is 6.61 Å². The first-order valence-corrected chi connectivity index (χ1v) is 11.0. The quantitative estimate of drug-likeness (QED) is 0.323. The first kappa shape index (κ1) is 21.0. The van der Waals surface area contributed by atoms with Gasteiger partial charge in [-0.2, -0.15) is 0 Å². The van der Waals surface area contributed by atoms with Crippen LogP contribution in [0, 0.1) is 0 Å². The van der Waals surface area contributed by atoms with Crippen LogP contribution in [0.25, 0.3) is 22.3 Å². The van der Waals surface area contributed by atoms with Gasteiger partial charge in [-0.15, -0.1) is 0 Å². The van der Waals surface area contributed by atoms with Crippen LogP contribution in [-0.4, -0.2) is 44.7 Å². The van der Waals surface area contributed by atoms with Gasteiger partial charge in [-0.05, 0) is 18.2 Å². The lowest BCUT2D eigenvalue weighted by molar-refractivity contribution is -0.172. The summed E-state index contributed by atoms with van der Waals surface area (Å²) in [5, 5.41) is 0.951. The highest BCUT2D eigenvalue weighted by atomic mass is 16.6. The summed E-state index contributed by atoms with van der Waals surface area (Å²) in [6.45, 7) is -0.0796. The number of carbonyl (C=O) groups is 4. The summed E-state index contributed by atoms with van der Waals surface area (Å²) in [5.41, 5.74) is 2.95. The Morgan fingerprint density at radius 2 is 1.86 bits per heavy atom. The van der Waals surface area contributed by atoms with Gasteiger partial charge in [-0.25, -0.2) is 9.78 Å². The first-order chi connectivity index (χ1) is 16.9. The number of cyclic esters (lactones) is 1. The second kappa shape index (κ2) is 7.73. The van der Waals surface area contributed by atoms with Crippen LogP contribution in [0.4, 0.5) is 0 Å². The van der Waals surface area contributed by atoms with Crippen molar-refractivity contribution in [2.75, 3.05) is 6.54 Å². The molecule has 0 fully saturated rings. The van der Waals surface area contributed by atoms with Crippen LogP contribution in [0.1, 0.15) is 29.2 Å². The lowest BCUT2D eigenvalue weighted by Gasteiger charge is -2.25. The molecule has 10 nitrogen and oxygen atoms in total. The van der Waals surface area contributed by atoms with E-state index < -0.39 is 29.9 Å². The number of rotatable bonds is 4. The average Bonchev–Trinajstić information content (AvgIpc) is 3.37. The molecule has 0 radical (unpaired) electrons. The van der Waals surface area contributed by atoms with Crippen molar-refractivity contribution in [3.05, 3.63) is 75.6 Å². The zero-order chi connectivity index (χ0) is 24.3. The summed E-state index contributed by atoms with van der Waals surface area (Å²) in [4.78, 5) is 67.3. The Labute approximate surface area is 197 Å². The Hall–Kier alpha value is -4.60. The smallest absolute Gasteiger partial charge is 0.352 e. The summed E-state index contributed by atoms with van der Waals surface area (Å²) in [7, 11) is 0. The van der Waals surface area contributed by atoms with E-state index in [0.29, 0.717) is 17.9 Å². The molecule has 2 amide bonds. The lowest BCUT2D eigenvalue weighted by atomic mass is 10.00. The molecule has 0 saturated heterocycles. The molecule has 1 aromatic carbocycles. The van der Waals surface area contributed by atoms with Crippen molar-refractivity contribution in [3.8, 4) is 11.4 Å². The Morgan fingerprint density at radius 3 is 2.66 bits per heavy atom. The molecular formula is C25H17N3O7. The minimum Gasteiger partial charge on any atom is -0.458 e. The molecule has 1 atom stereocenters. The Balaban J connectivity index is 1.32. The van der Waals surface area contributed by atoms with Crippen LogP contribution in [-0.2, 0) is 41.8 Å². The van der Waals surface area contributed by atoms with Gasteiger partial charge in [0, 0.05) is 35.2 Å². The molecule has 3 aromatic rings. The number of pyridine rings is 2. The van der Waals surface area contributed by atoms with Gasteiger partial charge >= 0.3 is 11.9 Å². The molecule has 3 aliphatic rings. The number of hydrogen-bond acceptors (Lipinski definition) is 8. The monoisotopic (exact) mass is 471 g/mol. The van der Waals surface area contributed by atoms with Gasteiger partial charge in [-0.1, -0.05) is 18.2 Å². The molecule has 10 heteroatoms. The number of nitrogens with zero attached hydrogens (tertiary/aromatic N) is 3. The standard InChI is InChI=1S/C25H17N3O7/c29-19-5-6-20(30)27(19)8-7-21(31)35-23-15-10-18-22-14(9-13-3-1-2-4-17(13)26-22)11-28(18)24(32)16(15)12-34-25(23)33/h1-6,9-10,23H,7-8,11-12H2. The molecule has 3 aliphatic heterocycles. The predicted molar refractivity (Wildman–Crippen MR) is 120 cm³/mol. The fourth-order valence-corrected chi connectivity index (χ4v) is 4.62. The number of esters is 2. The lowest BCUT2D eigenvalue weighted by Crippen LogP contribution is -2.35. The maximum Gasteiger partial charge on any atom is 0.352 e. The van der Waals surface area contributed by atoms with Gasteiger partial charge < -0.3 is 14.0 Å². The van der Waals surface area contributed by atoms with Crippen molar-refractivity contribution in [3.63, 3.8) is 0 Å². The maximum atomic E-state index is 13.3. The molecule has 0 saturated carbocycles. The molecule has 35 heavy (non-hydrogen) atoms. The normalized spacial score (nSPS) is 17.9. The van der Waals surface area contributed by atoms with Crippen molar-refractivity contribution in [1.29, 1.82) is 0 Å². The minimum absolute atomic E-state index is 0.185. The van der Waals surface area contributed by atoms with Crippen LogP contribution in [0.15, 0.2) is 53.3 Å². The van der Waals surface area contributed by atoms with Crippen molar-refractivity contribution < 1.29 is 28.7 Å². The molecule has 0 N–H and O–H groups in total.